The molecular weight excluding hydrogens is 499 g/mol. The molecular formula is C28H26F3N3O4. The zero-order valence-electron chi connectivity index (χ0n) is 20.8. The third-order valence-electron chi connectivity index (χ3n) is 6.44. The van der Waals surface area contributed by atoms with E-state index in [4.69, 9.17) is 0 Å². The van der Waals surface area contributed by atoms with Gasteiger partial charge in [-0.25, -0.2) is 13.2 Å². The Balaban J connectivity index is 1.61. The number of nitrogens with zero attached hydrogens (tertiary/aromatic N) is 1. The quantitative estimate of drug-likeness (QED) is 0.456. The first kappa shape index (κ1) is 26.9. The minimum atomic E-state index is -1.94. The normalized spacial score (nSPS) is 16.3. The van der Waals surface area contributed by atoms with Gasteiger partial charge in [0.25, 0.3) is 11.8 Å². The molecule has 3 N–H and O–H groups in total. The molecule has 0 bridgehead atoms. The van der Waals surface area contributed by atoms with Gasteiger partial charge >= 0.3 is 0 Å². The van der Waals surface area contributed by atoms with Crippen LogP contribution in [0.25, 0.3) is 11.1 Å². The molecule has 198 valence electrons. The summed E-state index contributed by atoms with van der Waals surface area (Å²) in [7, 11) is 1.47. The van der Waals surface area contributed by atoms with Crippen molar-refractivity contribution in [2.24, 2.45) is 5.92 Å². The van der Waals surface area contributed by atoms with E-state index < -0.39 is 59.3 Å². The van der Waals surface area contributed by atoms with E-state index in [2.05, 4.69) is 10.6 Å². The van der Waals surface area contributed by atoms with Crippen molar-refractivity contribution < 1.29 is 32.7 Å². The molecule has 7 nitrogen and oxygen atoms in total. The number of halogens is 3. The van der Waals surface area contributed by atoms with E-state index >= 15 is 0 Å². The number of nitrogens with one attached hydrogen (secondary N) is 2. The number of fused-ring (bicyclic) bond motifs is 3. The molecule has 0 saturated heterocycles. The van der Waals surface area contributed by atoms with Gasteiger partial charge < -0.3 is 20.6 Å². The molecule has 0 aromatic heterocycles. The topological polar surface area (TPSA) is 98.7 Å². The Kier molecular flexibility index (Phi) is 7.54. The van der Waals surface area contributed by atoms with Crippen LogP contribution >= 0.6 is 0 Å². The van der Waals surface area contributed by atoms with E-state index in [1.165, 1.54) is 24.1 Å². The van der Waals surface area contributed by atoms with Gasteiger partial charge in [-0.05, 0) is 52.9 Å². The van der Waals surface area contributed by atoms with Gasteiger partial charge in [0.1, 0.15) is 29.5 Å². The van der Waals surface area contributed by atoms with Gasteiger partial charge in [0.2, 0.25) is 5.91 Å². The Labute approximate surface area is 217 Å². The van der Waals surface area contributed by atoms with Crippen LogP contribution in [0.15, 0.2) is 60.7 Å². The Morgan fingerprint density at radius 1 is 0.895 bits per heavy atom. The smallest absolute Gasteiger partial charge is 0.254 e. The third kappa shape index (κ3) is 5.26. The van der Waals surface area contributed by atoms with Gasteiger partial charge in [0, 0.05) is 18.7 Å². The average molecular weight is 526 g/mol. The van der Waals surface area contributed by atoms with Gasteiger partial charge in [-0.2, -0.15) is 0 Å². The minimum Gasteiger partial charge on any atom is -0.378 e. The molecule has 2 unspecified atom stereocenters. The number of anilines is 1. The monoisotopic (exact) mass is 525 g/mol. The number of amides is 3. The number of carbonyl (C=O) groups is 3. The van der Waals surface area contributed by atoms with Gasteiger partial charge in [-0.1, -0.05) is 38.1 Å². The van der Waals surface area contributed by atoms with E-state index in [0.717, 1.165) is 12.1 Å². The second-order valence-corrected chi connectivity index (χ2v) is 9.42. The molecule has 0 radical (unpaired) electrons. The maximum absolute atomic E-state index is 14.0. The summed E-state index contributed by atoms with van der Waals surface area (Å²) in [5, 5.41) is 15.5. The zero-order chi connectivity index (χ0) is 27.7. The molecule has 4 rings (SSSR count). The van der Waals surface area contributed by atoms with E-state index in [9.17, 15) is 32.7 Å². The van der Waals surface area contributed by atoms with E-state index in [-0.39, 0.29) is 5.56 Å². The maximum atomic E-state index is 14.0. The predicted octanol–water partition coefficient (Wildman–Crippen LogP) is 3.78. The number of hydrogen-bond acceptors (Lipinski definition) is 4. The summed E-state index contributed by atoms with van der Waals surface area (Å²) in [6.07, 6.45) is -1.94. The van der Waals surface area contributed by atoms with Gasteiger partial charge in [-0.3, -0.25) is 14.4 Å². The maximum Gasteiger partial charge on any atom is 0.254 e. The Hall–Kier alpha value is -4.18. The van der Waals surface area contributed by atoms with Gasteiger partial charge in [0.05, 0.1) is 5.69 Å². The molecule has 0 saturated carbocycles. The number of aliphatic hydroxyl groups excluding tert-OH is 1. The molecule has 0 fully saturated rings. The zero-order valence-corrected chi connectivity index (χ0v) is 20.8. The first-order valence-corrected chi connectivity index (χ1v) is 11.9. The lowest BCUT2D eigenvalue weighted by Gasteiger charge is -2.27. The summed E-state index contributed by atoms with van der Waals surface area (Å²) in [6, 6.07) is 10.8. The molecule has 38 heavy (non-hydrogen) atoms. The summed E-state index contributed by atoms with van der Waals surface area (Å²) in [6.45, 7) is 3.29. The van der Waals surface area contributed by atoms with Gasteiger partial charge in [0.15, 0.2) is 6.10 Å². The summed E-state index contributed by atoms with van der Waals surface area (Å²) >= 11 is 0. The van der Waals surface area contributed by atoms with Crippen molar-refractivity contribution in [3.63, 3.8) is 0 Å². The highest BCUT2D eigenvalue weighted by molar-refractivity contribution is 6.06. The van der Waals surface area contributed by atoms with Crippen LogP contribution in [-0.4, -0.2) is 35.9 Å². The molecule has 1 heterocycles. The fraction of sp³-hybridized carbons (Fsp3) is 0.250. The first-order chi connectivity index (χ1) is 18.0. The van der Waals surface area contributed by atoms with Gasteiger partial charge in [-0.15, -0.1) is 0 Å². The van der Waals surface area contributed by atoms with Crippen LogP contribution in [0.2, 0.25) is 0 Å². The summed E-state index contributed by atoms with van der Waals surface area (Å²) in [4.78, 5) is 40.9. The summed E-state index contributed by atoms with van der Waals surface area (Å²) < 4.78 is 41.2. The average Bonchev–Trinajstić information content (AvgIpc) is 2.95. The van der Waals surface area contributed by atoms with Crippen LogP contribution in [0.3, 0.4) is 0 Å². The minimum absolute atomic E-state index is 0.317. The number of benzene rings is 3. The number of rotatable bonds is 6. The largest absolute Gasteiger partial charge is 0.378 e. The lowest BCUT2D eigenvalue weighted by molar-refractivity contribution is -0.136. The van der Waals surface area contributed by atoms with Crippen LogP contribution in [0.5, 0.6) is 0 Å². The number of hydrogen-bond donors (Lipinski definition) is 3. The first-order valence-electron chi connectivity index (χ1n) is 11.9. The van der Waals surface area contributed by atoms with Crippen molar-refractivity contribution in [2.75, 3.05) is 11.9 Å². The van der Waals surface area contributed by atoms with Crippen molar-refractivity contribution in [1.82, 2.24) is 10.6 Å². The standard InChI is InChI=1S/C28H26F3N3O4/c1-14(2)23(32-27(37)25(35)15-10-17(30)12-18(31)11-15)26(36)33-24-21-7-5-4-6-19(21)20-9-8-16(29)13-22(20)34(3)28(24)38/h4-14,23-25,35H,1-3H3,(H,32,37)(H,33,36)/t23-,24?,25?/m0/s1. The van der Waals surface area contributed by atoms with Crippen LogP contribution < -0.4 is 15.5 Å². The molecule has 10 heteroatoms. The SMILES string of the molecule is CC(C)[C@H](NC(=O)C(O)c1cc(F)cc(F)c1)C(=O)NC1C(=O)N(C)c2cc(F)ccc2-c2ccccc21. The van der Waals surface area contributed by atoms with Crippen LogP contribution in [0.4, 0.5) is 18.9 Å². The van der Waals surface area contributed by atoms with E-state index in [1.807, 2.05) is 0 Å². The Morgan fingerprint density at radius 2 is 1.55 bits per heavy atom. The second-order valence-electron chi connectivity index (χ2n) is 9.42. The Bertz CT molecular complexity index is 1390. The van der Waals surface area contributed by atoms with Crippen LogP contribution in [0.1, 0.15) is 37.1 Å². The fourth-order valence-corrected chi connectivity index (χ4v) is 4.47. The van der Waals surface area contributed by atoms with Crippen molar-refractivity contribution in [1.29, 1.82) is 0 Å². The number of carbonyl (C=O) groups excluding carboxylic acids is 3. The van der Waals surface area contributed by atoms with E-state index in [1.54, 1.807) is 44.2 Å². The lowest BCUT2D eigenvalue weighted by atomic mass is 9.94. The van der Waals surface area contributed by atoms with Crippen LogP contribution in [0, 0.1) is 23.4 Å². The lowest BCUT2D eigenvalue weighted by Crippen LogP contribution is -2.53. The molecule has 1 aliphatic rings. The van der Waals surface area contributed by atoms with Crippen molar-refractivity contribution in [3.8, 4) is 11.1 Å². The molecule has 3 amide bonds. The molecule has 1 aliphatic heterocycles. The molecule has 3 aromatic rings. The van der Waals surface area contributed by atoms with Crippen molar-refractivity contribution in [3.05, 3.63) is 89.2 Å². The van der Waals surface area contributed by atoms with E-state index in [0.29, 0.717) is 28.4 Å². The number of aliphatic hydroxyl groups is 1. The number of likely N-dealkylation sites (N-methyl/N-ethyl adjacent to an activating group) is 1. The van der Waals surface area contributed by atoms with Crippen molar-refractivity contribution in [2.45, 2.75) is 32.0 Å². The van der Waals surface area contributed by atoms with Crippen molar-refractivity contribution >= 4 is 23.4 Å². The summed E-state index contributed by atoms with van der Waals surface area (Å²) in [5.74, 6) is -5.25. The second kappa shape index (κ2) is 10.7. The fourth-order valence-electron chi connectivity index (χ4n) is 4.47. The molecule has 3 atom stereocenters. The highest BCUT2D eigenvalue weighted by Crippen LogP contribution is 2.40. The predicted molar refractivity (Wildman–Crippen MR) is 134 cm³/mol. The highest BCUT2D eigenvalue weighted by Gasteiger charge is 2.36. The summed E-state index contributed by atoms with van der Waals surface area (Å²) in [5.41, 5.74) is 1.72. The van der Waals surface area contributed by atoms with Crippen LogP contribution in [-0.2, 0) is 14.4 Å². The molecule has 0 aliphatic carbocycles. The molecule has 0 spiro atoms. The molecule has 3 aromatic carbocycles. The third-order valence-corrected chi connectivity index (χ3v) is 6.44. The Morgan fingerprint density at radius 3 is 2.21 bits per heavy atom. The highest BCUT2D eigenvalue weighted by atomic mass is 19.1.